The Bertz CT molecular complexity index is 649. The lowest BCUT2D eigenvalue weighted by Crippen LogP contribution is -2.45. The van der Waals surface area contributed by atoms with Gasteiger partial charge in [0.1, 0.15) is 0 Å². The molecule has 2 atom stereocenters. The first kappa shape index (κ1) is 20.3. The minimum atomic E-state index is -0.174. The number of benzene rings is 1. The van der Waals surface area contributed by atoms with E-state index in [-0.39, 0.29) is 23.2 Å². The number of hydrogen-bond donors (Lipinski definition) is 2. The molecule has 0 aliphatic carbocycles. The summed E-state index contributed by atoms with van der Waals surface area (Å²) in [6.45, 7) is 6.31. The number of para-hydroxylation sites is 1. The number of carbonyl (C=O) groups excluding carboxylic acids is 1. The van der Waals surface area contributed by atoms with Crippen LogP contribution in [0.4, 0.5) is 5.69 Å². The van der Waals surface area contributed by atoms with E-state index in [1.807, 2.05) is 48.5 Å². The first-order valence-corrected chi connectivity index (χ1v) is 10.2. The van der Waals surface area contributed by atoms with Gasteiger partial charge >= 0.3 is 0 Å². The second-order valence-electron chi connectivity index (χ2n) is 6.66. The fourth-order valence-corrected chi connectivity index (χ4v) is 3.60. The molecule has 2 aromatic rings. The zero-order valence-corrected chi connectivity index (χ0v) is 16.6. The molecule has 0 spiro atoms. The first-order chi connectivity index (χ1) is 12.6. The number of nitrogens with zero attached hydrogens (tertiary/aromatic N) is 1. The average Bonchev–Trinajstić information content (AvgIpc) is 2.65. The quantitative estimate of drug-likeness (QED) is 0.459. The van der Waals surface area contributed by atoms with E-state index in [1.165, 1.54) is 11.8 Å². The monoisotopic (exact) mass is 371 g/mol. The third-order valence-corrected chi connectivity index (χ3v) is 5.52. The highest BCUT2D eigenvalue weighted by molar-refractivity contribution is 8.00. The van der Waals surface area contributed by atoms with Crippen LogP contribution in [0.5, 0.6) is 0 Å². The minimum Gasteiger partial charge on any atom is -0.365 e. The Morgan fingerprint density at radius 1 is 1.12 bits per heavy atom. The Labute approximate surface area is 161 Å². The third kappa shape index (κ3) is 6.71. The van der Waals surface area contributed by atoms with Gasteiger partial charge in [-0.15, -0.1) is 0 Å². The lowest BCUT2D eigenvalue weighted by atomic mass is 10.1. The number of pyridine rings is 1. The van der Waals surface area contributed by atoms with Gasteiger partial charge < -0.3 is 10.6 Å². The van der Waals surface area contributed by atoms with Crippen molar-refractivity contribution in [1.29, 1.82) is 0 Å². The molecule has 140 valence electrons. The fourth-order valence-electron chi connectivity index (χ4n) is 2.62. The van der Waals surface area contributed by atoms with Crippen molar-refractivity contribution in [2.45, 2.75) is 56.5 Å². The van der Waals surface area contributed by atoms with Crippen LogP contribution >= 0.6 is 11.8 Å². The van der Waals surface area contributed by atoms with Gasteiger partial charge in [-0.2, -0.15) is 0 Å². The van der Waals surface area contributed by atoms with Crippen LogP contribution in [0.15, 0.2) is 59.8 Å². The fraction of sp³-hybridized carbons (Fsp3) is 0.429. The summed E-state index contributed by atoms with van der Waals surface area (Å²) in [5, 5.41) is 7.35. The van der Waals surface area contributed by atoms with Gasteiger partial charge in [0.2, 0.25) is 5.91 Å². The van der Waals surface area contributed by atoms with Gasteiger partial charge in [-0.1, -0.05) is 63.2 Å². The molecule has 4 nitrogen and oxygen atoms in total. The maximum absolute atomic E-state index is 13.0. The zero-order chi connectivity index (χ0) is 18.8. The van der Waals surface area contributed by atoms with Crippen molar-refractivity contribution < 1.29 is 4.79 Å². The van der Waals surface area contributed by atoms with E-state index in [0.717, 1.165) is 30.0 Å². The van der Waals surface area contributed by atoms with E-state index >= 15 is 0 Å². The highest BCUT2D eigenvalue weighted by Crippen LogP contribution is 2.27. The lowest BCUT2D eigenvalue weighted by molar-refractivity contribution is -0.121. The first-order valence-electron chi connectivity index (χ1n) is 9.29. The van der Waals surface area contributed by atoms with Crippen LogP contribution in [-0.4, -0.2) is 22.3 Å². The van der Waals surface area contributed by atoms with Gasteiger partial charge in [0.15, 0.2) is 0 Å². The Hall–Kier alpha value is -2.01. The molecule has 1 heterocycles. The Balaban J connectivity index is 2.04. The van der Waals surface area contributed by atoms with Gasteiger partial charge in [0.25, 0.3) is 0 Å². The molecule has 0 radical (unpaired) electrons. The van der Waals surface area contributed by atoms with Crippen molar-refractivity contribution in [1.82, 2.24) is 10.3 Å². The van der Waals surface area contributed by atoms with Crippen LogP contribution in [0, 0.1) is 5.92 Å². The highest BCUT2D eigenvalue weighted by atomic mass is 32.2. The molecular formula is C21H29N3OS. The van der Waals surface area contributed by atoms with E-state index in [2.05, 4.69) is 36.4 Å². The topological polar surface area (TPSA) is 54.0 Å². The molecule has 26 heavy (non-hydrogen) atoms. The molecule has 5 heteroatoms. The summed E-state index contributed by atoms with van der Waals surface area (Å²) in [7, 11) is 0. The standard InChI is InChI=1S/C21H29N3OS/c1-4-5-13-18(23-17-11-7-6-8-12-17)24-21(25)20(16(2)3)26-19-14-9-10-15-22-19/h6-12,14-16,18,20,23H,4-5,13H2,1-3H3,(H,24,25). The smallest absolute Gasteiger partial charge is 0.235 e. The Morgan fingerprint density at radius 3 is 2.46 bits per heavy atom. The number of aromatic nitrogens is 1. The predicted molar refractivity (Wildman–Crippen MR) is 110 cm³/mol. The van der Waals surface area contributed by atoms with Gasteiger partial charge in [0, 0.05) is 11.9 Å². The molecule has 2 unspecified atom stereocenters. The molecule has 0 saturated carbocycles. The van der Waals surface area contributed by atoms with Gasteiger partial charge in [-0.3, -0.25) is 4.79 Å². The maximum Gasteiger partial charge on any atom is 0.235 e. The van der Waals surface area contributed by atoms with Gasteiger partial charge in [-0.25, -0.2) is 4.98 Å². The maximum atomic E-state index is 13.0. The summed E-state index contributed by atoms with van der Waals surface area (Å²) < 4.78 is 0. The molecule has 0 aliphatic heterocycles. The van der Waals surface area contributed by atoms with Crippen LogP contribution in [-0.2, 0) is 4.79 Å². The van der Waals surface area contributed by atoms with Crippen molar-refractivity contribution in [3.05, 3.63) is 54.7 Å². The summed E-state index contributed by atoms with van der Waals surface area (Å²) in [6.07, 6.45) is 4.74. The molecule has 1 amide bonds. The molecule has 0 saturated heterocycles. The molecule has 2 N–H and O–H groups in total. The van der Waals surface area contributed by atoms with E-state index in [1.54, 1.807) is 6.20 Å². The predicted octanol–water partition coefficient (Wildman–Crippen LogP) is 4.94. The summed E-state index contributed by atoms with van der Waals surface area (Å²) in [5.74, 6) is 0.269. The number of amides is 1. The summed E-state index contributed by atoms with van der Waals surface area (Å²) in [5.41, 5.74) is 1.02. The number of anilines is 1. The van der Waals surface area contributed by atoms with E-state index < -0.39 is 0 Å². The molecule has 2 rings (SSSR count). The third-order valence-electron chi connectivity index (χ3n) is 4.03. The van der Waals surface area contributed by atoms with Crippen molar-refractivity contribution in [3.63, 3.8) is 0 Å². The molecule has 1 aromatic carbocycles. The van der Waals surface area contributed by atoms with E-state index in [4.69, 9.17) is 0 Å². The molecular weight excluding hydrogens is 342 g/mol. The molecule has 0 aliphatic rings. The SMILES string of the molecule is CCCCC(NC(=O)C(Sc1ccccn1)C(C)C)Nc1ccccc1. The van der Waals surface area contributed by atoms with Crippen LogP contribution < -0.4 is 10.6 Å². The van der Waals surface area contributed by atoms with Gasteiger partial charge in [-0.05, 0) is 43.0 Å². The number of nitrogens with one attached hydrogen (secondary N) is 2. The van der Waals surface area contributed by atoms with Crippen LogP contribution in [0.3, 0.4) is 0 Å². The van der Waals surface area contributed by atoms with E-state index in [9.17, 15) is 4.79 Å². The zero-order valence-electron chi connectivity index (χ0n) is 15.8. The molecule has 0 bridgehead atoms. The summed E-state index contributed by atoms with van der Waals surface area (Å²) in [4.78, 5) is 17.3. The highest BCUT2D eigenvalue weighted by Gasteiger charge is 2.26. The minimum absolute atomic E-state index is 0.0557. The number of rotatable bonds is 10. The van der Waals surface area contributed by atoms with E-state index in [0.29, 0.717) is 0 Å². The van der Waals surface area contributed by atoms with Crippen LogP contribution in [0.2, 0.25) is 0 Å². The van der Waals surface area contributed by atoms with Crippen molar-refractivity contribution in [2.24, 2.45) is 5.92 Å². The van der Waals surface area contributed by atoms with Crippen LogP contribution in [0.1, 0.15) is 40.0 Å². The summed E-state index contributed by atoms with van der Waals surface area (Å²) in [6, 6.07) is 15.8. The Morgan fingerprint density at radius 2 is 1.85 bits per heavy atom. The van der Waals surface area contributed by atoms with Crippen molar-refractivity contribution in [3.8, 4) is 0 Å². The molecule has 0 fully saturated rings. The van der Waals surface area contributed by atoms with Crippen molar-refractivity contribution in [2.75, 3.05) is 5.32 Å². The second kappa shape index (κ2) is 10.9. The van der Waals surface area contributed by atoms with Gasteiger partial charge in [0.05, 0.1) is 16.4 Å². The number of carbonyl (C=O) groups is 1. The van der Waals surface area contributed by atoms with Crippen LogP contribution in [0.25, 0.3) is 0 Å². The second-order valence-corrected chi connectivity index (χ2v) is 7.83. The normalized spacial score (nSPS) is 13.2. The lowest BCUT2D eigenvalue weighted by Gasteiger charge is -2.25. The largest absolute Gasteiger partial charge is 0.365 e. The summed E-state index contributed by atoms with van der Waals surface area (Å²) >= 11 is 1.53. The van der Waals surface area contributed by atoms with Crippen molar-refractivity contribution >= 4 is 23.4 Å². The molecule has 1 aromatic heterocycles. The number of thioether (sulfide) groups is 1. The Kier molecular flexibility index (Phi) is 8.48. The average molecular weight is 372 g/mol. The number of unbranched alkanes of at least 4 members (excludes halogenated alkanes) is 1. The number of hydrogen-bond acceptors (Lipinski definition) is 4.